The predicted molar refractivity (Wildman–Crippen MR) is 271 cm³/mol. The summed E-state index contributed by atoms with van der Waals surface area (Å²) in [5.74, 6) is -0.0704. The SMILES string of the molecule is CC/C=C\C/C=C\C/C=C\C/C=C\C/C=C\C/C=C\CCCCCCCCCCCCC(=O)NC(CO)C(O)/C=C/CCCCCCCCCCCCCCCCCCCC. The summed E-state index contributed by atoms with van der Waals surface area (Å²) in [6.45, 7) is 4.20. The van der Waals surface area contributed by atoms with Crippen molar-refractivity contribution >= 4 is 5.91 Å². The van der Waals surface area contributed by atoms with Crippen molar-refractivity contribution in [2.45, 2.75) is 264 Å². The molecule has 0 rings (SSSR count). The molecule has 0 aliphatic carbocycles. The van der Waals surface area contributed by atoms with Crippen LogP contribution in [0, 0.1) is 0 Å². The first-order valence-electron chi connectivity index (χ1n) is 26.3. The molecule has 4 nitrogen and oxygen atoms in total. The van der Waals surface area contributed by atoms with E-state index in [4.69, 9.17) is 0 Å². The molecule has 0 aromatic heterocycles. The van der Waals surface area contributed by atoms with E-state index in [0.717, 1.165) is 64.2 Å². The van der Waals surface area contributed by atoms with Gasteiger partial charge in [-0.15, -0.1) is 0 Å². The normalized spacial score (nSPS) is 13.6. The molecular formula is C57H101NO3. The molecule has 2 unspecified atom stereocenters. The molecule has 3 N–H and O–H groups in total. The van der Waals surface area contributed by atoms with Gasteiger partial charge in [0.25, 0.3) is 0 Å². The highest BCUT2D eigenvalue weighted by Gasteiger charge is 2.18. The lowest BCUT2D eigenvalue weighted by molar-refractivity contribution is -0.123. The lowest BCUT2D eigenvalue weighted by Gasteiger charge is -2.20. The van der Waals surface area contributed by atoms with E-state index in [2.05, 4.69) is 92.1 Å². The van der Waals surface area contributed by atoms with Crippen molar-refractivity contribution < 1.29 is 15.0 Å². The third-order valence-electron chi connectivity index (χ3n) is 11.6. The van der Waals surface area contributed by atoms with Crippen LogP contribution in [0.25, 0.3) is 0 Å². The lowest BCUT2D eigenvalue weighted by atomic mass is 10.0. The molecule has 0 aromatic rings. The molecular weight excluding hydrogens is 747 g/mol. The Labute approximate surface area is 380 Å². The molecule has 0 radical (unpaired) electrons. The van der Waals surface area contributed by atoms with Gasteiger partial charge in [-0.1, -0.05) is 259 Å². The maximum atomic E-state index is 12.5. The van der Waals surface area contributed by atoms with Crippen molar-refractivity contribution in [3.8, 4) is 0 Å². The highest BCUT2D eigenvalue weighted by molar-refractivity contribution is 5.76. The summed E-state index contributed by atoms with van der Waals surface area (Å²) in [5, 5.41) is 23.1. The fourth-order valence-corrected chi connectivity index (χ4v) is 7.65. The van der Waals surface area contributed by atoms with Gasteiger partial charge in [0, 0.05) is 6.42 Å². The van der Waals surface area contributed by atoms with Crippen LogP contribution in [-0.4, -0.2) is 34.9 Å². The van der Waals surface area contributed by atoms with Gasteiger partial charge in [-0.05, 0) is 70.6 Å². The van der Waals surface area contributed by atoms with Gasteiger partial charge in [0.1, 0.15) is 0 Å². The lowest BCUT2D eigenvalue weighted by Crippen LogP contribution is -2.45. The molecule has 1 amide bonds. The number of hydrogen-bond acceptors (Lipinski definition) is 3. The standard InChI is InChI=1S/C57H101NO3/c1-3-5-7-9-11-13-15-17-19-21-23-25-26-27-28-29-30-31-32-33-35-37-39-41-43-45-47-49-51-53-57(61)58-55(54-59)56(60)52-50-48-46-44-42-40-38-36-34-24-22-20-18-16-14-12-10-8-6-4-2/h5,7,11,13,17,19,23,25,27-28,30-31,50,52,55-56,59-60H,3-4,6,8-10,12,14-16,18,20-22,24,26,29,32-49,51,53-54H2,1-2H3,(H,58,61)/b7-5-,13-11-,19-17-,25-23-,28-27-,31-30-,52-50+. The number of carbonyl (C=O) groups is 1. The summed E-state index contributed by atoms with van der Waals surface area (Å²) in [7, 11) is 0. The number of aliphatic hydroxyl groups is 2. The van der Waals surface area contributed by atoms with E-state index in [1.54, 1.807) is 6.08 Å². The first-order valence-corrected chi connectivity index (χ1v) is 26.3. The Bertz CT molecular complexity index is 1100. The van der Waals surface area contributed by atoms with Crippen LogP contribution in [0.2, 0.25) is 0 Å². The van der Waals surface area contributed by atoms with Gasteiger partial charge in [0.2, 0.25) is 5.91 Å². The second kappa shape index (κ2) is 51.9. The monoisotopic (exact) mass is 848 g/mol. The second-order valence-corrected chi connectivity index (χ2v) is 17.6. The van der Waals surface area contributed by atoms with Crippen LogP contribution in [-0.2, 0) is 4.79 Å². The van der Waals surface area contributed by atoms with Crippen LogP contribution in [0.3, 0.4) is 0 Å². The zero-order valence-corrected chi connectivity index (χ0v) is 40.4. The maximum Gasteiger partial charge on any atom is 0.220 e. The summed E-state index contributed by atoms with van der Waals surface area (Å²) < 4.78 is 0. The molecule has 0 aromatic carbocycles. The minimum Gasteiger partial charge on any atom is -0.394 e. The third kappa shape index (κ3) is 48.5. The molecule has 0 spiro atoms. The molecule has 61 heavy (non-hydrogen) atoms. The number of aliphatic hydroxyl groups excluding tert-OH is 2. The minimum absolute atomic E-state index is 0.0704. The summed E-state index contributed by atoms with van der Waals surface area (Å²) in [6.07, 6.45) is 75.7. The van der Waals surface area contributed by atoms with Crippen LogP contribution >= 0.6 is 0 Å². The van der Waals surface area contributed by atoms with Crippen molar-refractivity contribution in [2.24, 2.45) is 0 Å². The van der Waals surface area contributed by atoms with Crippen molar-refractivity contribution in [1.29, 1.82) is 0 Å². The molecule has 352 valence electrons. The molecule has 0 bridgehead atoms. The molecule has 0 fully saturated rings. The number of rotatable bonds is 47. The Morgan fingerprint density at radius 3 is 1.08 bits per heavy atom. The van der Waals surface area contributed by atoms with Gasteiger partial charge in [-0.2, -0.15) is 0 Å². The quantitative estimate of drug-likeness (QED) is 0.0422. The average Bonchev–Trinajstić information content (AvgIpc) is 3.26. The second-order valence-electron chi connectivity index (χ2n) is 17.6. The summed E-state index contributed by atoms with van der Waals surface area (Å²) in [5.41, 5.74) is 0. The smallest absolute Gasteiger partial charge is 0.220 e. The van der Waals surface area contributed by atoms with Gasteiger partial charge in [-0.3, -0.25) is 4.79 Å². The molecule has 4 heteroatoms. The minimum atomic E-state index is -0.846. The van der Waals surface area contributed by atoms with E-state index in [1.807, 2.05) is 6.08 Å². The Hall–Kier alpha value is -2.43. The largest absolute Gasteiger partial charge is 0.394 e. The van der Waals surface area contributed by atoms with Crippen LogP contribution in [0.1, 0.15) is 251 Å². The average molecular weight is 848 g/mol. The van der Waals surface area contributed by atoms with Crippen molar-refractivity contribution in [1.82, 2.24) is 5.32 Å². The Balaban J connectivity index is 3.57. The molecule has 0 aliphatic heterocycles. The fraction of sp³-hybridized carbons (Fsp3) is 0.737. The van der Waals surface area contributed by atoms with Crippen LogP contribution < -0.4 is 5.32 Å². The van der Waals surface area contributed by atoms with Crippen LogP contribution in [0.4, 0.5) is 0 Å². The van der Waals surface area contributed by atoms with Gasteiger partial charge in [0.15, 0.2) is 0 Å². The molecule has 2 atom stereocenters. The fourth-order valence-electron chi connectivity index (χ4n) is 7.65. The van der Waals surface area contributed by atoms with Crippen LogP contribution in [0.15, 0.2) is 85.1 Å². The summed E-state index contributed by atoms with van der Waals surface area (Å²) in [4.78, 5) is 12.5. The number of amides is 1. The number of nitrogens with one attached hydrogen (secondary N) is 1. The molecule has 0 aliphatic rings. The van der Waals surface area contributed by atoms with E-state index in [9.17, 15) is 15.0 Å². The number of carbonyl (C=O) groups excluding carboxylic acids is 1. The van der Waals surface area contributed by atoms with Crippen molar-refractivity contribution in [3.63, 3.8) is 0 Å². The van der Waals surface area contributed by atoms with E-state index in [0.29, 0.717) is 6.42 Å². The highest BCUT2D eigenvalue weighted by atomic mass is 16.3. The molecule has 0 heterocycles. The predicted octanol–water partition coefficient (Wildman–Crippen LogP) is 17.2. The Morgan fingerprint density at radius 1 is 0.410 bits per heavy atom. The first-order chi connectivity index (χ1) is 30.2. The number of unbranched alkanes of at least 4 members (excludes halogenated alkanes) is 28. The van der Waals surface area contributed by atoms with Gasteiger partial charge < -0.3 is 15.5 Å². The Morgan fingerprint density at radius 2 is 0.721 bits per heavy atom. The first kappa shape index (κ1) is 58.6. The van der Waals surface area contributed by atoms with E-state index in [1.165, 1.54) is 167 Å². The number of allylic oxidation sites excluding steroid dienone is 13. The third-order valence-corrected chi connectivity index (χ3v) is 11.6. The van der Waals surface area contributed by atoms with Crippen molar-refractivity contribution in [3.05, 3.63) is 85.1 Å². The number of hydrogen-bond donors (Lipinski definition) is 3. The van der Waals surface area contributed by atoms with Gasteiger partial charge in [0.05, 0.1) is 18.8 Å². The van der Waals surface area contributed by atoms with Gasteiger partial charge >= 0.3 is 0 Å². The molecule has 0 saturated heterocycles. The highest BCUT2D eigenvalue weighted by Crippen LogP contribution is 2.16. The van der Waals surface area contributed by atoms with Gasteiger partial charge in [-0.25, -0.2) is 0 Å². The zero-order valence-electron chi connectivity index (χ0n) is 40.4. The van der Waals surface area contributed by atoms with Crippen molar-refractivity contribution in [2.75, 3.05) is 6.61 Å². The molecule has 0 saturated carbocycles. The van der Waals surface area contributed by atoms with Crippen LogP contribution in [0.5, 0.6) is 0 Å². The summed E-state index contributed by atoms with van der Waals surface area (Å²) in [6, 6.07) is -0.630. The zero-order chi connectivity index (χ0) is 44.2. The Kier molecular flexibility index (Phi) is 49.8. The maximum absolute atomic E-state index is 12.5. The van der Waals surface area contributed by atoms with E-state index >= 15 is 0 Å². The summed E-state index contributed by atoms with van der Waals surface area (Å²) >= 11 is 0. The topological polar surface area (TPSA) is 69.6 Å². The van der Waals surface area contributed by atoms with E-state index < -0.39 is 12.1 Å². The van der Waals surface area contributed by atoms with E-state index in [-0.39, 0.29) is 12.5 Å².